The molecule has 2 aliphatic heterocycles. The molecule has 3 aromatic carbocycles. The Hall–Kier alpha value is -3.87. The fraction of sp³-hybridized carbons (Fsp3) is 0.259. The molecule has 1 fully saturated rings. The van der Waals surface area contributed by atoms with Crippen molar-refractivity contribution in [2.24, 2.45) is 4.99 Å². The van der Waals surface area contributed by atoms with Crippen LogP contribution in [0.4, 0.5) is 10.1 Å². The molecule has 174 valence electrons. The standard InChI is InChI=1S/C27H26FN3O3/c1-17-7-9-23-25(13-17)34-24-10-8-21(33-3)15-22(24)26(29-23)30-11-12-31(18(2)16-30)27(32)19-5-4-6-20(28)14-19/h4-10,13-15,18H,11-12,16H2,1-3H3/t18-/m1/s1. The highest BCUT2D eigenvalue weighted by Crippen LogP contribution is 2.40. The number of piperazine rings is 1. The van der Waals surface area contributed by atoms with E-state index in [1.807, 2.05) is 50.2 Å². The summed E-state index contributed by atoms with van der Waals surface area (Å²) in [4.78, 5) is 22.0. The first-order valence-electron chi connectivity index (χ1n) is 11.3. The maximum Gasteiger partial charge on any atom is 0.254 e. The van der Waals surface area contributed by atoms with E-state index in [9.17, 15) is 9.18 Å². The number of amidine groups is 1. The normalized spacial score (nSPS) is 17.2. The molecule has 0 aromatic heterocycles. The van der Waals surface area contributed by atoms with Gasteiger partial charge in [0.1, 0.15) is 28.8 Å². The molecule has 0 N–H and O–H groups in total. The van der Waals surface area contributed by atoms with Crippen molar-refractivity contribution in [1.82, 2.24) is 9.80 Å². The number of nitrogens with zero attached hydrogens (tertiary/aromatic N) is 3. The summed E-state index contributed by atoms with van der Waals surface area (Å²) in [5.74, 6) is 2.32. The number of aryl methyl sites for hydroxylation is 1. The van der Waals surface area contributed by atoms with Gasteiger partial charge in [-0.2, -0.15) is 0 Å². The van der Waals surface area contributed by atoms with Gasteiger partial charge < -0.3 is 19.3 Å². The minimum absolute atomic E-state index is 0.0945. The van der Waals surface area contributed by atoms with Crippen LogP contribution in [0.3, 0.4) is 0 Å². The third kappa shape index (κ3) is 4.09. The smallest absolute Gasteiger partial charge is 0.254 e. The van der Waals surface area contributed by atoms with Gasteiger partial charge in [-0.25, -0.2) is 9.38 Å². The molecule has 0 spiro atoms. The van der Waals surface area contributed by atoms with Gasteiger partial charge in [0.2, 0.25) is 0 Å². The lowest BCUT2D eigenvalue weighted by Crippen LogP contribution is -2.55. The summed E-state index contributed by atoms with van der Waals surface area (Å²) < 4.78 is 25.4. The Kier molecular flexibility index (Phi) is 5.69. The van der Waals surface area contributed by atoms with Gasteiger partial charge in [0, 0.05) is 31.2 Å². The molecule has 0 aliphatic carbocycles. The van der Waals surface area contributed by atoms with E-state index in [1.165, 1.54) is 12.1 Å². The van der Waals surface area contributed by atoms with Crippen LogP contribution in [-0.4, -0.2) is 54.3 Å². The fourth-order valence-corrected chi connectivity index (χ4v) is 4.47. The lowest BCUT2D eigenvalue weighted by atomic mass is 10.1. The Morgan fingerprint density at radius 1 is 1.09 bits per heavy atom. The number of methoxy groups -OCH3 is 1. The molecule has 6 nitrogen and oxygen atoms in total. The van der Waals surface area contributed by atoms with Crippen molar-refractivity contribution in [2.75, 3.05) is 26.7 Å². The Bertz CT molecular complexity index is 1290. The van der Waals surface area contributed by atoms with Crippen LogP contribution in [0.1, 0.15) is 28.4 Å². The summed E-state index contributed by atoms with van der Waals surface area (Å²) in [6, 6.07) is 17.4. The molecule has 0 saturated carbocycles. The third-order valence-electron chi connectivity index (χ3n) is 6.25. The number of halogens is 1. The molecule has 1 saturated heterocycles. The first-order valence-corrected chi connectivity index (χ1v) is 11.3. The van der Waals surface area contributed by atoms with Gasteiger partial charge >= 0.3 is 0 Å². The third-order valence-corrected chi connectivity index (χ3v) is 6.25. The number of hydrogen-bond acceptors (Lipinski definition) is 5. The van der Waals surface area contributed by atoms with Crippen molar-refractivity contribution in [3.8, 4) is 17.2 Å². The number of hydrogen-bond donors (Lipinski definition) is 0. The Morgan fingerprint density at radius 3 is 2.71 bits per heavy atom. The van der Waals surface area contributed by atoms with Gasteiger partial charge in [0.25, 0.3) is 5.91 Å². The number of ether oxygens (including phenoxy) is 2. The second-order valence-corrected chi connectivity index (χ2v) is 8.67. The van der Waals surface area contributed by atoms with Crippen LogP contribution >= 0.6 is 0 Å². The summed E-state index contributed by atoms with van der Waals surface area (Å²) in [5, 5.41) is 0. The molecular weight excluding hydrogens is 433 g/mol. The Labute approximate surface area is 198 Å². The number of carbonyl (C=O) groups is 1. The van der Waals surface area contributed by atoms with Crippen LogP contribution in [0, 0.1) is 12.7 Å². The molecule has 0 radical (unpaired) electrons. The van der Waals surface area contributed by atoms with Crippen molar-refractivity contribution in [1.29, 1.82) is 0 Å². The van der Waals surface area contributed by atoms with E-state index in [0.29, 0.717) is 42.4 Å². The zero-order valence-electron chi connectivity index (χ0n) is 19.4. The van der Waals surface area contributed by atoms with Crippen LogP contribution < -0.4 is 9.47 Å². The van der Waals surface area contributed by atoms with Gasteiger partial charge in [-0.3, -0.25) is 4.79 Å². The summed E-state index contributed by atoms with van der Waals surface area (Å²) >= 11 is 0. The molecule has 1 atom stereocenters. The van der Waals surface area contributed by atoms with Crippen LogP contribution in [0.15, 0.2) is 65.7 Å². The molecule has 0 bridgehead atoms. The molecule has 2 aliphatic rings. The van der Waals surface area contributed by atoms with Crippen LogP contribution in [0.5, 0.6) is 17.2 Å². The highest BCUT2D eigenvalue weighted by Gasteiger charge is 2.32. The van der Waals surface area contributed by atoms with E-state index in [1.54, 1.807) is 24.1 Å². The van der Waals surface area contributed by atoms with E-state index < -0.39 is 5.82 Å². The number of carbonyl (C=O) groups excluding carboxylic acids is 1. The molecule has 7 heteroatoms. The van der Waals surface area contributed by atoms with Gasteiger partial charge in [-0.1, -0.05) is 12.1 Å². The minimum Gasteiger partial charge on any atom is -0.497 e. The highest BCUT2D eigenvalue weighted by atomic mass is 19.1. The molecule has 34 heavy (non-hydrogen) atoms. The highest BCUT2D eigenvalue weighted by molar-refractivity contribution is 6.04. The lowest BCUT2D eigenvalue weighted by molar-refractivity contribution is 0.0581. The van der Waals surface area contributed by atoms with E-state index in [2.05, 4.69) is 4.90 Å². The molecule has 1 amide bonds. The van der Waals surface area contributed by atoms with Crippen LogP contribution in [-0.2, 0) is 0 Å². The van der Waals surface area contributed by atoms with Gasteiger partial charge in [-0.15, -0.1) is 0 Å². The zero-order chi connectivity index (χ0) is 23.8. The lowest BCUT2D eigenvalue weighted by Gasteiger charge is -2.41. The minimum atomic E-state index is -0.413. The first kappa shape index (κ1) is 21.9. The van der Waals surface area contributed by atoms with Crippen LogP contribution in [0.25, 0.3) is 0 Å². The summed E-state index contributed by atoms with van der Waals surface area (Å²) in [7, 11) is 1.63. The van der Waals surface area contributed by atoms with Gasteiger partial charge in [0.15, 0.2) is 5.75 Å². The van der Waals surface area contributed by atoms with Gasteiger partial charge in [0.05, 0.1) is 12.7 Å². The molecule has 3 aromatic rings. The number of benzene rings is 3. The van der Waals surface area contributed by atoms with Crippen molar-refractivity contribution >= 4 is 17.4 Å². The second-order valence-electron chi connectivity index (χ2n) is 8.67. The summed E-state index contributed by atoms with van der Waals surface area (Å²) in [6.45, 7) is 5.68. The molecule has 0 unspecified atom stereocenters. The van der Waals surface area contributed by atoms with E-state index in [0.717, 1.165) is 22.6 Å². The van der Waals surface area contributed by atoms with Crippen molar-refractivity contribution in [3.63, 3.8) is 0 Å². The Balaban J connectivity index is 1.48. The number of fused-ring (bicyclic) bond motifs is 2. The first-order chi connectivity index (χ1) is 16.4. The topological polar surface area (TPSA) is 54.4 Å². The second kappa shape index (κ2) is 8.82. The molecule has 5 rings (SSSR count). The monoisotopic (exact) mass is 459 g/mol. The van der Waals surface area contributed by atoms with Gasteiger partial charge in [-0.05, 0) is 67.9 Å². The largest absolute Gasteiger partial charge is 0.497 e. The van der Waals surface area contributed by atoms with E-state index in [-0.39, 0.29) is 11.9 Å². The van der Waals surface area contributed by atoms with Crippen molar-refractivity contribution < 1.29 is 18.7 Å². The fourth-order valence-electron chi connectivity index (χ4n) is 4.47. The van der Waals surface area contributed by atoms with Crippen molar-refractivity contribution in [3.05, 3.63) is 83.2 Å². The van der Waals surface area contributed by atoms with E-state index in [4.69, 9.17) is 14.5 Å². The number of amides is 1. The molecule has 2 heterocycles. The Morgan fingerprint density at radius 2 is 1.94 bits per heavy atom. The summed E-state index contributed by atoms with van der Waals surface area (Å²) in [5.41, 5.74) is 3.04. The van der Waals surface area contributed by atoms with Crippen LogP contribution in [0.2, 0.25) is 0 Å². The number of rotatable bonds is 2. The SMILES string of the molecule is COc1ccc2c(c1)C(N1CCN(C(=O)c3cccc(F)c3)[C@H](C)C1)=Nc1ccc(C)cc1O2. The van der Waals surface area contributed by atoms with Crippen molar-refractivity contribution in [2.45, 2.75) is 19.9 Å². The maximum absolute atomic E-state index is 13.7. The predicted molar refractivity (Wildman–Crippen MR) is 129 cm³/mol. The van der Waals surface area contributed by atoms with E-state index >= 15 is 0 Å². The average Bonchev–Trinajstić information content (AvgIpc) is 2.99. The predicted octanol–water partition coefficient (Wildman–Crippen LogP) is 5.17. The quantitative estimate of drug-likeness (QED) is 0.530. The zero-order valence-corrected chi connectivity index (χ0v) is 19.4. The summed E-state index contributed by atoms with van der Waals surface area (Å²) in [6.07, 6.45) is 0. The molecular formula is C27H26FN3O3. The number of aliphatic imine (C=N–C) groups is 1. The maximum atomic E-state index is 13.7. The average molecular weight is 460 g/mol.